The zero-order valence-corrected chi connectivity index (χ0v) is 10.2. The van der Waals surface area contributed by atoms with Gasteiger partial charge in [-0.05, 0) is 34.1 Å². The highest BCUT2D eigenvalue weighted by atomic mass is 16.6. The molecule has 0 atom stereocenters. The van der Waals surface area contributed by atoms with Crippen molar-refractivity contribution in [3.05, 3.63) is 0 Å². The molecule has 0 saturated carbocycles. The molecule has 92 valence electrons. The van der Waals surface area contributed by atoms with E-state index in [1.165, 1.54) is 13.8 Å². The summed E-state index contributed by atoms with van der Waals surface area (Å²) in [6.45, 7) is 8.48. The van der Waals surface area contributed by atoms with Gasteiger partial charge in [-0.25, -0.2) is 0 Å². The van der Waals surface area contributed by atoms with Crippen molar-refractivity contribution >= 4 is 7.32 Å². The van der Waals surface area contributed by atoms with Crippen LogP contribution in [0.1, 0.15) is 41.0 Å². The van der Waals surface area contributed by atoms with Gasteiger partial charge in [0.1, 0.15) is 0 Å². The average molecular weight is 222 g/mol. The van der Waals surface area contributed by atoms with Crippen LogP contribution >= 0.6 is 0 Å². The van der Waals surface area contributed by atoms with Crippen LogP contribution in [-0.4, -0.2) is 45.4 Å². The molecule has 0 aromatic heterocycles. The third-order valence-electron chi connectivity index (χ3n) is 2.10. The molecule has 4 N–H and O–H groups in total. The second-order valence-electron chi connectivity index (χ2n) is 4.24. The molecule has 0 amide bonds. The minimum Gasteiger partial charge on any atom is -0.402 e. The number of aliphatic hydroxyl groups excluding tert-OH is 1. The van der Waals surface area contributed by atoms with Crippen LogP contribution in [0.2, 0.25) is 0 Å². The van der Waals surface area contributed by atoms with Crippen molar-refractivity contribution in [1.29, 1.82) is 0 Å². The van der Waals surface area contributed by atoms with Crippen molar-refractivity contribution < 1.29 is 24.9 Å². The summed E-state index contributed by atoms with van der Waals surface area (Å²) in [5, 5.41) is 34.3. The summed E-state index contributed by atoms with van der Waals surface area (Å²) < 4.78 is 4.66. The lowest BCUT2D eigenvalue weighted by Gasteiger charge is -2.37. The highest BCUT2D eigenvalue weighted by molar-refractivity contribution is 6.32. The van der Waals surface area contributed by atoms with E-state index in [9.17, 15) is 5.11 Å². The predicted octanol–water partition coefficient (Wildman–Crippen LogP) is -0.0893. The smallest absolute Gasteiger partial charge is 0.402 e. The van der Waals surface area contributed by atoms with Crippen LogP contribution in [0.3, 0.4) is 0 Å². The molecule has 0 aromatic rings. The summed E-state index contributed by atoms with van der Waals surface area (Å²) in [4.78, 5) is 0. The predicted molar refractivity (Wildman–Crippen MR) is 59.0 cm³/mol. The fourth-order valence-electron chi connectivity index (χ4n) is 0.408. The van der Waals surface area contributed by atoms with E-state index in [-0.39, 0.29) is 0 Å². The number of aliphatic hydroxyl groups is 2. The fraction of sp³-hybridized carbons (Fsp3) is 1.00. The molecular formula is C9H23BO5. The van der Waals surface area contributed by atoms with Crippen LogP contribution in [0.25, 0.3) is 0 Å². The molecule has 6 heteroatoms. The fourth-order valence-corrected chi connectivity index (χ4v) is 0.408. The Morgan fingerprint density at radius 3 is 1.53 bits per heavy atom. The van der Waals surface area contributed by atoms with Gasteiger partial charge in [0.15, 0.2) is 0 Å². The average Bonchev–Trinajstić information content (AvgIpc) is 2.00. The van der Waals surface area contributed by atoms with E-state index in [4.69, 9.17) is 15.2 Å². The Hall–Kier alpha value is -0.135. The zero-order chi connectivity index (χ0) is 12.7. The van der Waals surface area contributed by atoms with Gasteiger partial charge in [0.05, 0.1) is 11.2 Å². The third kappa shape index (κ3) is 8.83. The molecule has 0 saturated heterocycles. The molecule has 0 aliphatic rings. The Balaban J connectivity index is 0. The Morgan fingerprint density at radius 1 is 1.13 bits per heavy atom. The lowest BCUT2D eigenvalue weighted by molar-refractivity contribution is -0.109. The van der Waals surface area contributed by atoms with Gasteiger partial charge in [-0.2, -0.15) is 0 Å². The molecule has 0 aliphatic carbocycles. The monoisotopic (exact) mass is 222 g/mol. The molecule has 0 unspecified atom stereocenters. The van der Waals surface area contributed by atoms with E-state index in [1.54, 1.807) is 13.8 Å². The van der Waals surface area contributed by atoms with Crippen molar-refractivity contribution in [3.8, 4) is 0 Å². The molecule has 5 nitrogen and oxygen atoms in total. The Bertz CT molecular complexity index is 151. The maximum atomic E-state index is 9.45. The van der Waals surface area contributed by atoms with Gasteiger partial charge in [-0.3, -0.25) is 0 Å². The lowest BCUT2D eigenvalue weighted by atomic mass is 9.88. The van der Waals surface area contributed by atoms with Gasteiger partial charge in [0.2, 0.25) is 0 Å². The van der Waals surface area contributed by atoms with Crippen molar-refractivity contribution in [2.75, 3.05) is 6.61 Å². The first-order valence-corrected chi connectivity index (χ1v) is 4.95. The van der Waals surface area contributed by atoms with Crippen LogP contribution in [0.4, 0.5) is 0 Å². The van der Waals surface area contributed by atoms with Gasteiger partial charge >= 0.3 is 7.32 Å². The molecule has 0 rings (SSSR count). The summed E-state index contributed by atoms with van der Waals surface area (Å²) in [7, 11) is -1.85. The SMILES string of the molecule is CC(C)(O)C(C)(C)OB(O)O.CCCO. The van der Waals surface area contributed by atoms with E-state index < -0.39 is 18.5 Å². The summed E-state index contributed by atoms with van der Waals surface area (Å²) in [5.74, 6) is 0. The molecule has 0 fully saturated rings. The molecule has 0 aliphatic heterocycles. The van der Waals surface area contributed by atoms with E-state index in [1.807, 2.05) is 6.92 Å². The highest BCUT2D eigenvalue weighted by Crippen LogP contribution is 2.24. The van der Waals surface area contributed by atoms with E-state index in [2.05, 4.69) is 4.65 Å². The molecular weight excluding hydrogens is 199 g/mol. The van der Waals surface area contributed by atoms with Crippen LogP contribution in [0.5, 0.6) is 0 Å². The molecule has 0 bridgehead atoms. The highest BCUT2D eigenvalue weighted by Gasteiger charge is 2.38. The van der Waals surface area contributed by atoms with Crippen molar-refractivity contribution in [2.45, 2.75) is 52.2 Å². The van der Waals surface area contributed by atoms with Gasteiger partial charge in [-0.15, -0.1) is 0 Å². The molecule has 15 heavy (non-hydrogen) atoms. The Labute approximate surface area is 91.9 Å². The van der Waals surface area contributed by atoms with E-state index in [0.29, 0.717) is 6.61 Å². The summed E-state index contributed by atoms with van der Waals surface area (Å²) in [6, 6.07) is 0. The maximum Gasteiger partial charge on any atom is 0.634 e. The van der Waals surface area contributed by atoms with Crippen molar-refractivity contribution in [3.63, 3.8) is 0 Å². The summed E-state index contributed by atoms with van der Waals surface area (Å²) in [5.41, 5.74) is -2.10. The molecule has 0 aromatic carbocycles. The molecule has 0 radical (unpaired) electrons. The maximum absolute atomic E-state index is 9.45. The summed E-state index contributed by atoms with van der Waals surface area (Å²) >= 11 is 0. The second-order valence-corrected chi connectivity index (χ2v) is 4.24. The molecule has 0 heterocycles. The first kappa shape index (κ1) is 17.3. The first-order chi connectivity index (χ1) is 6.58. The van der Waals surface area contributed by atoms with Gasteiger partial charge in [0, 0.05) is 6.61 Å². The Kier molecular flexibility index (Phi) is 8.28. The number of hydrogen-bond acceptors (Lipinski definition) is 5. The number of hydrogen-bond donors (Lipinski definition) is 4. The zero-order valence-electron chi connectivity index (χ0n) is 10.2. The number of rotatable bonds is 4. The third-order valence-corrected chi connectivity index (χ3v) is 2.10. The van der Waals surface area contributed by atoms with Gasteiger partial charge < -0.3 is 24.9 Å². The van der Waals surface area contributed by atoms with Gasteiger partial charge in [0.25, 0.3) is 0 Å². The standard InChI is InChI=1S/C6H15BO4.C3H8O/c1-5(2,8)6(3,4)11-7(9)10;1-2-3-4/h8-10H,1-4H3;4H,2-3H2,1H3. The van der Waals surface area contributed by atoms with E-state index >= 15 is 0 Å². The van der Waals surface area contributed by atoms with Crippen LogP contribution in [0.15, 0.2) is 0 Å². The summed E-state index contributed by atoms with van der Waals surface area (Å²) in [6.07, 6.45) is 0.875. The molecule has 0 spiro atoms. The minimum absolute atomic E-state index is 0.319. The van der Waals surface area contributed by atoms with Crippen LogP contribution in [0, 0.1) is 0 Å². The Morgan fingerprint density at radius 2 is 1.47 bits per heavy atom. The minimum atomic E-state index is -1.85. The van der Waals surface area contributed by atoms with Crippen LogP contribution in [-0.2, 0) is 4.65 Å². The van der Waals surface area contributed by atoms with Crippen molar-refractivity contribution in [1.82, 2.24) is 0 Å². The largest absolute Gasteiger partial charge is 0.634 e. The quantitative estimate of drug-likeness (QED) is 0.499. The van der Waals surface area contributed by atoms with Gasteiger partial charge in [-0.1, -0.05) is 6.92 Å². The van der Waals surface area contributed by atoms with Crippen molar-refractivity contribution in [2.24, 2.45) is 0 Å². The normalized spacial score (nSPS) is 11.8. The first-order valence-electron chi connectivity index (χ1n) is 4.95. The van der Waals surface area contributed by atoms with Crippen LogP contribution < -0.4 is 0 Å². The second kappa shape index (κ2) is 7.19. The lowest BCUT2D eigenvalue weighted by Crippen LogP contribution is -2.50. The topological polar surface area (TPSA) is 90.2 Å². The van der Waals surface area contributed by atoms with E-state index in [0.717, 1.165) is 6.42 Å².